The first-order chi connectivity index (χ1) is 34.4. The normalized spacial score (nSPS) is 12.3. The van der Waals surface area contributed by atoms with Gasteiger partial charge in [-0.2, -0.15) is 0 Å². The number of phenolic OH excluding ortho intramolecular Hbond substituents is 2. The molecule has 346 valence electrons. The van der Waals surface area contributed by atoms with Gasteiger partial charge >= 0.3 is 0 Å². The van der Waals surface area contributed by atoms with Gasteiger partial charge in [0.15, 0.2) is 10.9 Å². The van der Waals surface area contributed by atoms with Crippen molar-refractivity contribution in [2.24, 2.45) is 20.5 Å². The molecule has 3 heterocycles. The van der Waals surface area contributed by atoms with Crippen LogP contribution in [0, 0.1) is 13.8 Å². The summed E-state index contributed by atoms with van der Waals surface area (Å²) in [6.07, 6.45) is 0. The average Bonchev–Trinajstić information content (AvgIpc) is 4.06. The number of aromatic nitrogens is 3. The quantitative estimate of drug-likeness (QED) is 0.0958. The number of para-hydroxylation sites is 2. The molecule has 5 N–H and O–H groups in total. The summed E-state index contributed by atoms with van der Waals surface area (Å²) in [4.78, 5) is 25.8. The molecule has 0 atom stereocenters. The number of H-pyrrole nitrogens is 2. The summed E-state index contributed by atoms with van der Waals surface area (Å²) >= 11 is 8.86. The molecule has 14 heteroatoms. The van der Waals surface area contributed by atoms with Crippen LogP contribution < -0.4 is 5.32 Å². The van der Waals surface area contributed by atoms with Crippen LogP contribution in [0.15, 0.2) is 163 Å². The third-order valence-corrected chi connectivity index (χ3v) is 15.5. The lowest BCUT2D eigenvalue weighted by atomic mass is 9.95. The van der Waals surface area contributed by atoms with E-state index in [1.165, 1.54) is 11.3 Å². The summed E-state index contributed by atoms with van der Waals surface area (Å²) in [5.41, 5.74) is 10.9. The Bertz CT molecular complexity index is 4270. The van der Waals surface area contributed by atoms with Crippen LogP contribution in [0.5, 0.6) is 11.5 Å². The zero-order valence-electron chi connectivity index (χ0n) is 38.5. The van der Waals surface area contributed by atoms with Crippen molar-refractivity contribution in [1.82, 2.24) is 15.0 Å². The third kappa shape index (κ3) is 7.61. The minimum Gasteiger partial charge on any atom is -0.505 e. The Balaban J connectivity index is 0.882. The van der Waals surface area contributed by atoms with E-state index < -0.39 is 5.91 Å². The highest BCUT2D eigenvalue weighted by Crippen LogP contribution is 2.48. The number of fused-ring (bicyclic) bond motifs is 11. The fourth-order valence-corrected chi connectivity index (χ4v) is 11.4. The summed E-state index contributed by atoms with van der Waals surface area (Å²) in [5, 5.41) is 53.1. The van der Waals surface area contributed by atoms with Gasteiger partial charge in [0, 0.05) is 52.3 Å². The molecule has 0 radical (unpaired) electrons. The van der Waals surface area contributed by atoms with Gasteiger partial charge < -0.3 is 20.2 Å². The molecule has 9 aromatic carbocycles. The number of benzene rings is 9. The molecule has 71 heavy (non-hydrogen) atoms. The highest BCUT2D eigenvalue weighted by Gasteiger charge is 2.24. The molecule has 0 fully saturated rings. The first kappa shape index (κ1) is 44.4. The maximum absolute atomic E-state index is 14.0. The predicted octanol–water partition coefficient (Wildman–Crippen LogP) is 18.3. The monoisotopic (exact) mass is 1070 g/mol. The summed E-state index contributed by atoms with van der Waals surface area (Å²) in [6.45, 7) is 8.18. The molecule has 0 bridgehead atoms. The molecule has 11 nitrogen and oxygen atoms in total. The van der Waals surface area contributed by atoms with E-state index in [1.54, 1.807) is 6.07 Å². The van der Waals surface area contributed by atoms with Crippen LogP contribution in [-0.4, -0.2) is 31.1 Å². The lowest BCUT2D eigenvalue weighted by Gasteiger charge is -2.14. The number of anilines is 1. The van der Waals surface area contributed by atoms with Crippen LogP contribution >= 0.6 is 43.2 Å². The molecule has 0 unspecified atom stereocenters. The smallest absolute Gasteiger partial charge is 0.261 e. The number of amides is 1. The Hall–Kier alpha value is -7.78. The standard InChI is InChI=1S/C57H40Br2N8O3S/c1-27(2)38-23-32-13-17-36-34-9-5-7-11-42(34)60-50(36)48(32)52(54(38)68)66-64-44-19-15-30(25-40(44)58)31-16-20-45(41(59)26-31)65-67-53-49-33(14-18-37-35-10-6-8-12-43(35)61-51(37)49)24-39(55(53)69)56(70)63-57-62-46-21-28(3)29(4)22-47(46)71-57/h5-27,60-61,68-69H,1-4H3,(H,62,63,70). The van der Waals surface area contributed by atoms with E-state index in [4.69, 9.17) is 15.3 Å². The fourth-order valence-electron chi connectivity index (χ4n) is 9.53. The number of hydrogen-bond donors (Lipinski definition) is 5. The van der Waals surface area contributed by atoms with Gasteiger partial charge in [-0.25, -0.2) is 4.98 Å². The number of carbonyl (C=O) groups is 1. The second-order valence-electron chi connectivity index (χ2n) is 18.1. The number of azo groups is 2. The van der Waals surface area contributed by atoms with E-state index in [2.05, 4.69) is 95.4 Å². The summed E-state index contributed by atoms with van der Waals surface area (Å²) in [7, 11) is 0. The van der Waals surface area contributed by atoms with Crippen molar-refractivity contribution >= 4 is 152 Å². The van der Waals surface area contributed by atoms with Gasteiger partial charge in [-0.05, 0) is 151 Å². The van der Waals surface area contributed by atoms with Gasteiger partial charge in [-0.15, -0.1) is 20.5 Å². The van der Waals surface area contributed by atoms with Crippen molar-refractivity contribution in [3.63, 3.8) is 0 Å². The SMILES string of the molecule is Cc1cc2nc(NC(=O)c3cc4ccc5c6ccccc6[nH]c5c4c(N=Nc4ccc(-c5ccc(N=Nc6c(O)c(C(C)C)cc7ccc8c9ccccc9[nH]c8c67)c(Br)c5)cc4Br)c3O)sc2cc1C. The van der Waals surface area contributed by atoms with E-state index in [-0.39, 0.29) is 28.7 Å². The summed E-state index contributed by atoms with van der Waals surface area (Å²) in [6, 6.07) is 43.6. The molecular weight excluding hydrogens is 1040 g/mol. The van der Waals surface area contributed by atoms with Crippen LogP contribution in [0.25, 0.3) is 86.5 Å². The van der Waals surface area contributed by atoms with Gasteiger partial charge in [-0.1, -0.05) is 98.0 Å². The Labute approximate surface area is 426 Å². The number of aromatic hydroxyl groups is 2. The van der Waals surface area contributed by atoms with Crippen molar-refractivity contribution in [2.75, 3.05) is 5.32 Å². The van der Waals surface area contributed by atoms with Crippen molar-refractivity contribution in [1.29, 1.82) is 0 Å². The largest absolute Gasteiger partial charge is 0.505 e. The van der Waals surface area contributed by atoms with Crippen LogP contribution in [0.4, 0.5) is 27.9 Å². The third-order valence-electron chi connectivity index (χ3n) is 13.3. The Morgan fingerprint density at radius 1 is 0.620 bits per heavy atom. The zero-order chi connectivity index (χ0) is 48.8. The number of hydrogen-bond acceptors (Lipinski definition) is 9. The Kier molecular flexibility index (Phi) is 10.8. The van der Waals surface area contributed by atoms with Crippen LogP contribution in [0.1, 0.15) is 46.8 Å². The van der Waals surface area contributed by atoms with Crippen molar-refractivity contribution in [3.05, 3.63) is 165 Å². The van der Waals surface area contributed by atoms with Crippen molar-refractivity contribution in [2.45, 2.75) is 33.6 Å². The highest BCUT2D eigenvalue weighted by molar-refractivity contribution is 9.11. The maximum Gasteiger partial charge on any atom is 0.261 e. The van der Waals surface area contributed by atoms with Gasteiger partial charge in [0.25, 0.3) is 5.91 Å². The number of phenols is 2. The van der Waals surface area contributed by atoms with E-state index >= 15 is 0 Å². The summed E-state index contributed by atoms with van der Waals surface area (Å²) < 4.78 is 2.32. The van der Waals surface area contributed by atoms with Crippen molar-refractivity contribution < 1.29 is 15.0 Å². The number of aromatic amines is 2. The number of halogens is 2. The van der Waals surface area contributed by atoms with E-state index in [0.29, 0.717) is 41.9 Å². The second kappa shape index (κ2) is 17.3. The number of nitrogens with one attached hydrogen (secondary N) is 3. The highest BCUT2D eigenvalue weighted by atomic mass is 79.9. The van der Waals surface area contributed by atoms with E-state index in [0.717, 1.165) is 92.4 Å². The van der Waals surface area contributed by atoms with E-state index in [9.17, 15) is 15.0 Å². The zero-order valence-corrected chi connectivity index (χ0v) is 42.5. The second-order valence-corrected chi connectivity index (χ2v) is 20.8. The predicted molar refractivity (Wildman–Crippen MR) is 297 cm³/mol. The molecule has 0 spiro atoms. The van der Waals surface area contributed by atoms with E-state index in [1.807, 2.05) is 117 Å². The molecule has 0 saturated carbocycles. The number of thiazole rings is 1. The molecule has 0 aliphatic rings. The minimum absolute atomic E-state index is 0.0391. The van der Waals surface area contributed by atoms with Crippen LogP contribution in [-0.2, 0) is 0 Å². The minimum atomic E-state index is -0.520. The number of carbonyl (C=O) groups excluding carboxylic acids is 1. The maximum atomic E-state index is 14.0. The average molecular weight is 1080 g/mol. The first-order valence-electron chi connectivity index (χ1n) is 22.9. The van der Waals surface area contributed by atoms with Gasteiger partial charge in [0.05, 0.1) is 38.2 Å². The Morgan fingerprint density at radius 3 is 1.72 bits per heavy atom. The van der Waals surface area contributed by atoms with Crippen molar-refractivity contribution in [3.8, 4) is 22.6 Å². The van der Waals surface area contributed by atoms with Gasteiger partial charge in [-0.3, -0.25) is 10.1 Å². The molecule has 0 aliphatic heterocycles. The molecule has 12 aromatic rings. The lowest BCUT2D eigenvalue weighted by Crippen LogP contribution is -2.12. The molecule has 12 rings (SSSR count). The van der Waals surface area contributed by atoms with Gasteiger partial charge in [0.2, 0.25) is 0 Å². The first-order valence-corrected chi connectivity index (χ1v) is 25.3. The number of nitrogens with zero attached hydrogens (tertiary/aromatic N) is 5. The van der Waals surface area contributed by atoms with Crippen LogP contribution in [0.3, 0.4) is 0 Å². The molecule has 1 amide bonds. The summed E-state index contributed by atoms with van der Waals surface area (Å²) in [5.74, 6) is -0.665. The molecular formula is C57H40Br2N8O3S. The number of rotatable bonds is 8. The lowest BCUT2D eigenvalue weighted by molar-refractivity contribution is 0.102. The topological polar surface area (TPSA) is 163 Å². The molecule has 0 saturated heterocycles. The number of aryl methyl sites for hydroxylation is 2. The van der Waals surface area contributed by atoms with Gasteiger partial charge in [0.1, 0.15) is 17.1 Å². The Morgan fingerprint density at radius 2 is 1.15 bits per heavy atom. The molecule has 0 aliphatic carbocycles. The molecule has 3 aromatic heterocycles. The fraction of sp³-hybridized carbons (Fsp3) is 0.0877. The van der Waals surface area contributed by atoms with Crippen LogP contribution in [0.2, 0.25) is 0 Å².